The summed E-state index contributed by atoms with van der Waals surface area (Å²) in [6, 6.07) is 0.925. The van der Waals surface area contributed by atoms with E-state index in [0.717, 1.165) is 5.56 Å². The van der Waals surface area contributed by atoms with Gasteiger partial charge in [0.05, 0.1) is 0 Å². The number of amides is 1. The van der Waals surface area contributed by atoms with Gasteiger partial charge < -0.3 is 14.8 Å². The third-order valence-electron chi connectivity index (χ3n) is 3.22. The van der Waals surface area contributed by atoms with Crippen LogP contribution < -0.4 is 5.32 Å². The summed E-state index contributed by atoms with van der Waals surface area (Å²) in [4.78, 5) is 23.2. The van der Waals surface area contributed by atoms with Crippen LogP contribution in [0.1, 0.15) is 33.1 Å². The van der Waals surface area contributed by atoms with E-state index >= 15 is 0 Å². The SMILES string of the molecule is CC(C)(C)C(NC(=O)CCc1nnc(-c2ccsc2)o1)C(=O)O. The van der Waals surface area contributed by atoms with Crippen LogP contribution in [0, 0.1) is 5.41 Å². The lowest BCUT2D eigenvalue weighted by molar-refractivity contribution is -0.144. The molecule has 0 aliphatic carbocycles. The van der Waals surface area contributed by atoms with Gasteiger partial charge in [-0.1, -0.05) is 20.8 Å². The summed E-state index contributed by atoms with van der Waals surface area (Å²) >= 11 is 1.53. The van der Waals surface area contributed by atoms with Crippen LogP contribution in [0.3, 0.4) is 0 Å². The number of thiophene rings is 1. The smallest absolute Gasteiger partial charge is 0.326 e. The van der Waals surface area contributed by atoms with E-state index in [-0.39, 0.29) is 18.7 Å². The number of carboxylic acids is 1. The largest absolute Gasteiger partial charge is 0.480 e. The number of carbonyl (C=O) groups is 2. The molecular weight excluding hydrogens is 318 g/mol. The zero-order valence-electron chi connectivity index (χ0n) is 13.2. The number of hydrogen-bond acceptors (Lipinski definition) is 6. The molecule has 8 heteroatoms. The number of nitrogens with one attached hydrogen (secondary N) is 1. The topological polar surface area (TPSA) is 105 Å². The summed E-state index contributed by atoms with van der Waals surface area (Å²) in [6.45, 7) is 5.28. The Kier molecular flexibility index (Phi) is 5.15. The van der Waals surface area contributed by atoms with Crippen molar-refractivity contribution in [3.05, 3.63) is 22.7 Å². The van der Waals surface area contributed by atoms with Gasteiger partial charge in [-0.15, -0.1) is 10.2 Å². The fourth-order valence-electron chi connectivity index (χ4n) is 1.96. The fraction of sp³-hybridized carbons (Fsp3) is 0.467. The quantitative estimate of drug-likeness (QED) is 0.838. The number of carbonyl (C=O) groups excluding carboxylic acids is 1. The minimum atomic E-state index is -1.05. The van der Waals surface area contributed by atoms with E-state index in [0.29, 0.717) is 11.8 Å². The molecule has 0 bridgehead atoms. The Bertz CT molecular complexity index is 673. The number of aromatic nitrogens is 2. The first-order chi connectivity index (χ1) is 10.8. The molecule has 2 aromatic rings. The zero-order chi connectivity index (χ0) is 17.0. The molecule has 2 aromatic heterocycles. The molecular formula is C15H19N3O4S. The molecule has 2 heterocycles. The fourth-order valence-corrected chi connectivity index (χ4v) is 2.59. The second-order valence-electron chi connectivity index (χ2n) is 6.22. The Morgan fingerprint density at radius 2 is 2.13 bits per heavy atom. The third kappa shape index (κ3) is 4.62. The first kappa shape index (κ1) is 17.1. The Balaban J connectivity index is 1.90. The van der Waals surface area contributed by atoms with E-state index in [1.165, 1.54) is 11.3 Å². The Labute approximate surface area is 137 Å². The summed E-state index contributed by atoms with van der Waals surface area (Å²) in [5.74, 6) is -0.644. The number of carboxylic acid groups (broad SMARTS) is 1. The van der Waals surface area contributed by atoms with Gasteiger partial charge in [-0.25, -0.2) is 4.79 Å². The van der Waals surface area contributed by atoms with Crippen molar-refractivity contribution in [3.63, 3.8) is 0 Å². The van der Waals surface area contributed by atoms with Crippen molar-refractivity contribution < 1.29 is 19.1 Å². The summed E-state index contributed by atoms with van der Waals surface area (Å²) in [7, 11) is 0. The highest BCUT2D eigenvalue weighted by atomic mass is 32.1. The van der Waals surface area contributed by atoms with Gasteiger partial charge in [0.2, 0.25) is 17.7 Å². The molecule has 2 rings (SSSR count). The van der Waals surface area contributed by atoms with Gasteiger partial charge in [-0.3, -0.25) is 4.79 Å². The predicted molar refractivity (Wildman–Crippen MR) is 85.0 cm³/mol. The van der Waals surface area contributed by atoms with Gasteiger partial charge in [0, 0.05) is 23.8 Å². The van der Waals surface area contributed by atoms with Crippen LogP contribution in [0.2, 0.25) is 0 Å². The molecule has 0 aliphatic rings. The molecule has 0 spiro atoms. The maximum atomic E-state index is 12.0. The van der Waals surface area contributed by atoms with Gasteiger partial charge >= 0.3 is 5.97 Å². The van der Waals surface area contributed by atoms with Gasteiger partial charge in [0.1, 0.15) is 6.04 Å². The van der Waals surface area contributed by atoms with E-state index in [1.807, 2.05) is 16.8 Å². The molecule has 0 aliphatic heterocycles. The lowest BCUT2D eigenvalue weighted by atomic mass is 9.86. The third-order valence-corrected chi connectivity index (χ3v) is 3.90. The Morgan fingerprint density at radius 3 is 2.70 bits per heavy atom. The van der Waals surface area contributed by atoms with Crippen molar-refractivity contribution >= 4 is 23.2 Å². The van der Waals surface area contributed by atoms with E-state index in [1.54, 1.807) is 20.8 Å². The number of rotatable bonds is 6. The molecule has 2 N–H and O–H groups in total. The molecule has 0 radical (unpaired) electrons. The highest BCUT2D eigenvalue weighted by molar-refractivity contribution is 7.08. The summed E-state index contributed by atoms with van der Waals surface area (Å²) < 4.78 is 5.49. The van der Waals surface area contributed by atoms with Crippen LogP contribution in [-0.2, 0) is 16.0 Å². The minimum absolute atomic E-state index is 0.0884. The van der Waals surface area contributed by atoms with Crippen molar-refractivity contribution in [2.24, 2.45) is 5.41 Å². The van der Waals surface area contributed by atoms with E-state index < -0.39 is 17.4 Å². The lowest BCUT2D eigenvalue weighted by Crippen LogP contribution is -2.49. The van der Waals surface area contributed by atoms with E-state index in [9.17, 15) is 14.7 Å². The standard InChI is InChI=1S/C15H19N3O4S/c1-15(2,3)12(14(20)21)16-10(19)4-5-11-17-18-13(22-11)9-6-7-23-8-9/h6-8,12H,4-5H2,1-3H3,(H,16,19)(H,20,21). The maximum Gasteiger partial charge on any atom is 0.326 e. The second-order valence-corrected chi connectivity index (χ2v) is 7.00. The maximum absolute atomic E-state index is 12.0. The van der Waals surface area contributed by atoms with Crippen LogP contribution in [0.4, 0.5) is 0 Å². The number of nitrogens with zero attached hydrogens (tertiary/aromatic N) is 2. The first-order valence-electron chi connectivity index (χ1n) is 7.14. The molecule has 1 unspecified atom stereocenters. The molecule has 1 amide bonds. The normalized spacial score (nSPS) is 12.8. The predicted octanol–water partition coefficient (Wildman–Crippen LogP) is 2.35. The number of hydrogen-bond donors (Lipinski definition) is 2. The molecule has 23 heavy (non-hydrogen) atoms. The van der Waals surface area contributed by atoms with Crippen LogP contribution in [-0.4, -0.2) is 33.2 Å². The van der Waals surface area contributed by atoms with Crippen molar-refractivity contribution in [3.8, 4) is 11.5 Å². The zero-order valence-corrected chi connectivity index (χ0v) is 14.0. The highest BCUT2D eigenvalue weighted by Gasteiger charge is 2.32. The van der Waals surface area contributed by atoms with Crippen LogP contribution in [0.25, 0.3) is 11.5 Å². The molecule has 124 valence electrons. The van der Waals surface area contributed by atoms with Crippen LogP contribution in [0.5, 0.6) is 0 Å². The van der Waals surface area contributed by atoms with Gasteiger partial charge in [0.25, 0.3) is 0 Å². The second kappa shape index (κ2) is 6.91. The van der Waals surface area contributed by atoms with Crippen molar-refractivity contribution in [2.45, 2.75) is 39.7 Å². The molecule has 0 fully saturated rings. The average molecular weight is 337 g/mol. The lowest BCUT2D eigenvalue weighted by Gasteiger charge is -2.27. The number of aryl methyl sites for hydroxylation is 1. The summed E-state index contributed by atoms with van der Waals surface area (Å²) in [6.07, 6.45) is 0.352. The molecule has 0 aromatic carbocycles. The monoisotopic (exact) mass is 337 g/mol. The Morgan fingerprint density at radius 1 is 1.39 bits per heavy atom. The average Bonchev–Trinajstić information content (AvgIpc) is 3.11. The summed E-state index contributed by atoms with van der Waals surface area (Å²) in [5.41, 5.74) is 0.273. The van der Waals surface area contributed by atoms with E-state index in [4.69, 9.17) is 4.42 Å². The highest BCUT2D eigenvalue weighted by Crippen LogP contribution is 2.21. The van der Waals surface area contributed by atoms with Crippen LogP contribution in [0.15, 0.2) is 21.2 Å². The van der Waals surface area contributed by atoms with Crippen LogP contribution >= 0.6 is 11.3 Å². The van der Waals surface area contributed by atoms with E-state index in [2.05, 4.69) is 15.5 Å². The molecule has 0 saturated heterocycles. The Hall–Kier alpha value is -2.22. The first-order valence-corrected chi connectivity index (χ1v) is 8.09. The minimum Gasteiger partial charge on any atom is -0.480 e. The van der Waals surface area contributed by atoms with Gasteiger partial charge in [-0.05, 0) is 16.9 Å². The molecule has 7 nitrogen and oxygen atoms in total. The summed E-state index contributed by atoms with van der Waals surface area (Å²) in [5, 5.41) is 23.4. The van der Waals surface area contributed by atoms with Crippen molar-refractivity contribution in [1.82, 2.24) is 15.5 Å². The molecule has 0 saturated carbocycles. The number of aliphatic carboxylic acids is 1. The van der Waals surface area contributed by atoms with Crippen molar-refractivity contribution in [2.75, 3.05) is 0 Å². The molecule has 1 atom stereocenters. The van der Waals surface area contributed by atoms with Gasteiger partial charge in [0.15, 0.2) is 0 Å². The van der Waals surface area contributed by atoms with Crippen molar-refractivity contribution in [1.29, 1.82) is 0 Å². The van der Waals surface area contributed by atoms with Gasteiger partial charge in [-0.2, -0.15) is 11.3 Å².